The van der Waals surface area contributed by atoms with Gasteiger partial charge in [0.2, 0.25) is 0 Å². The Bertz CT molecular complexity index is 592. The predicted molar refractivity (Wildman–Crippen MR) is 89.5 cm³/mol. The van der Waals surface area contributed by atoms with E-state index in [1.165, 1.54) is 6.42 Å². The van der Waals surface area contributed by atoms with Crippen LogP contribution >= 0.6 is 11.6 Å². The molecule has 1 heterocycles. The molecule has 0 saturated heterocycles. The Labute approximate surface area is 132 Å². The van der Waals surface area contributed by atoms with Crippen molar-refractivity contribution in [2.24, 2.45) is 5.92 Å². The van der Waals surface area contributed by atoms with Crippen LogP contribution in [0.1, 0.15) is 45.5 Å². The van der Waals surface area contributed by atoms with Gasteiger partial charge in [0.1, 0.15) is 11.6 Å². The van der Waals surface area contributed by atoms with Gasteiger partial charge in [-0.3, -0.25) is 0 Å². The van der Waals surface area contributed by atoms with E-state index in [1.54, 1.807) is 7.11 Å². The van der Waals surface area contributed by atoms with Crippen molar-refractivity contribution in [2.45, 2.75) is 46.1 Å². The Morgan fingerprint density at radius 3 is 2.62 bits per heavy atom. The number of imidazole rings is 1. The van der Waals surface area contributed by atoms with Crippen LogP contribution in [-0.2, 0) is 6.42 Å². The molecule has 3 nitrogen and oxygen atoms in total. The Balaban J connectivity index is 2.43. The maximum atomic E-state index is 5.95. The predicted octanol–water partition coefficient (Wildman–Crippen LogP) is 4.82. The lowest BCUT2D eigenvalue weighted by atomic mass is 10.0. The molecule has 0 spiro atoms. The summed E-state index contributed by atoms with van der Waals surface area (Å²) in [5, 5.41) is 0. The highest BCUT2D eigenvalue weighted by Crippen LogP contribution is 2.28. The van der Waals surface area contributed by atoms with Crippen LogP contribution in [0.4, 0.5) is 0 Å². The van der Waals surface area contributed by atoms with Gasteiger partial charge < -0.3 is 9.30 Å². The van der Waals surface area contributed by atoms with Gasteiger partial charge in [-0.25, -0.2) is 4.98 Å². The molecule has 1 unspecified atom stereocenters. The number of hydrogen-bond acceptors (Lipinski definition) is 2. The molecule has 0 aliphatic heterocycles. The van der Waals surface area contributed by atoms with Gasteiger partial charge in [-0.15, -0.1) is 11.6 Å². The van der Waals surface area contributed by atoms with Gasteiger partial charge in [-0.05, 0) is 37.8 Å². The van der Waals surface area contributed by atoms with E-state index in [2.05, 4.69) is 31.4 Å². The Morgan fingerprint density at radius 2 is 2.00 bits per heavy atom. The highest BCUT2D eigenvalue weighted by Gasteiger charge is 2.16. The van der Waals surface area contributed by atoms with Crippen LogP contribution in [0.15, 0.2) is 18.2 Å². The summed E-state index contributed by atoms with van der Waals surface area (Å²) in [5.41, 5.74) is 2.16. The highest BCUT2D eigenvalue weighted by molar-refractivity contribution is 6.17. The monoisotopic (exact) mass is 308 g/mol. The molecule has 0 radical (unpaired) electrons. The number of rotatable bonds is 7. The minimum atomic E-state index is 0.419. The Kier molecular flexibility index (Phi) is 5.51. The zero-order valence-corrected chi connectivity index (χ0v) is 14.2. The third-order valence-electron chi connectivity index (χ3n) is 3.89. The summed E-state index contributed by atoms with van der Waals surface area (Å²) >= 11 is 5.95. The van der Waals surface area contributed by atoms with Gasteiger partial charge in [-0.1, -0.05) is 13.8 Å². The number of halogens is 1. The lowest BCUT2D eigenvalue weighted by molar-refractivity contribution is 0.414. The summed E-state index contributed by atoms with van der Waals surface area (Å²) < 4.78 is 7.69. The van der Waals surface area contributed by atoms with Crippen molar-refractivity contribution in [1.29, 1.82) is 0 Å². The first-order chi connectivity index (χ1) is 10.1. The summed E-state index contributed by atoms with van der Waals surface area (Å²) in [4.78, 5) is 4.75. The van der Waals surface area contributed by atoms with Crippen LogP contribution in [0.2, 0.25) is 0 Å². The third kappa shape index (κ3) is 3.70. The SMILES string of the molecule is COc1ccc2nc(CCCl)n(C(C)CCC(C)C)c2c1. The number of alkyl halides is 1. The van der Waals surface area contributed by atoms with Gasteiger partial charge in [-0.2, -0.15) is 0 Å². The van der Waals surface area contributed by atoms with E-state index in [1.807, 2.05) is 12.1 Å². The van der Waals surface area contributed by atoms with Crippen LogP contribution in [0.3, 0.4) is 0 Å². The van der Waals surface area contributed by atoms with E-state index in [9.17, 15) is 0 Å². The normalized spacial score (nSPS) is 13.0. The maximum absolute atomic E-state index is 5.95. The quantitative estimate of drug-likeness (QED) is 0.685. The van der Waals surface area contributed by atoms with E-state index in [4.69, 9.17) is 21.3 Å². The summed E-state index contributed by atoms with van der Waals surface area (Å²) in [5.74, 6) is 3.26. The largest absolute Gasteiger partial charge is 0.497 e. The van der Waals surface area contributed by atoms with Crippen molar-refractivity contribution in [1.82, 2.24) is 9.55 Å². The van der Waals surface area contributed by atoms with Crippen molar-refractivity contribution in [3.63, 3.8) is 0 Å². The molecule has 0 aliphatic rings. The summed E-state index contributed by atoms with van der Waals surface area (Å²) in [7, 11) is 1.70. The second-order valence-electron chi connectivity index (χ2n) is 6.01. The molecule has 0 bridgehead atoms. The molecule has 1 aromatic heterocycles. The number of hydrogen-bond donors (Lipinski definition) is 0. The molecule has 2 rings (SSSR count). The minimum Gasteiger partial charge on any atom is -0.497 e. The molecule has 1 atom stereocenters. The zero-order chi connectivity index (χ0) is 15.4. The maximum Gasteiger partial charge on any atom is 0.121 e. The van der Waals surface area contributed by atoms with Gasteiger partial charge in [0, 0.05) is 24.4 Å². The van der Waals surface area contributed by atoms with E-state index in [0.29, 0.717) is 17.8 Å². The smallest absolute Gasteiger partial charge is 0.121 e. The van der Waals surface area contributed by atoms with Crippen molar-refractivity contribution < 1.29 is 4.74 Å². The standard InChI is InChI=1S/C17H25ClN2O/c1-12(2)5-6-13(3)20-16-11-14(21-4)7-8-15(16)19-17(20)9-10-18/h7-8,11-13H,5-6,9-10H2,1-4H3. The number of aromatic nitrogens is 2. The van der Waals surface area contributed by atoms with E-state index in [0.717, 1.165) is 35.4 Å². The third-order valence-corrected chi connectivity index (χ3v) is 4.08. The van der Waals surface area contributed by atoms with Gasteiger partial charge in [0.25, 0.3) is 0 Å². The summed E-state index contributed by atoms with van der Waals surface area (Å²) in [6.45, 7) is 6.80. The number of benzene rings is 1. The first-order valence-corrected chi connectivity index (χ1v) is 8.21. The molecule has 0 amide bonds. The molecule has 0 fully saturated rings. The molecule has 116 valence electrons. The van der Waals surface area contributed by atoms with Crippen LogP contribution in [0, 0.1) is 5.92 Å². The fourth-order valence-electron chi connectivity index (χ4n) is 2.71. The summed E-state index contributed by atoms with van der Waals surface area (Å²) in [6.07, 6.45) is 3.16. The molecule has 2 aromatic rings. The fraction of sp³-hybridized carbons (Fsp3) is 0.588. The Hall–Kier alpha value is -1.22. The summed E-state index contributed by atoms with van der Waals surface area (Å²) in [6, 6.07) is 6.48. The second-order valence-corrected chi connectivity index (χ2v) is 6.39. The van der Waals surface area contributed by atoms with Crippen molar-refractivity contribution in [3.8, 4) is 5.75 Å². The number of methoxy groups -OCH3 is 1. The molecule has 0 saturated carbocycles. The molecule has 0 aliphatic carbocycles. The van der Waals surface area contributed by atoms with E-state index >= 15 is 0 Å². The average molecular weight is 309 g/mol. The van der Waals surface area contributed by atoms with Crippen molar-refractivity contribution in [2.75, 3.05) is 13.0 Å². The molecule has 21 heavy (non-hydrogen) atoms. The van der Waals surface area contributed by atoms with E-state index in [-0.39, 0.29) is 0 Å². The van der Waals surface area contributed by atoms with Crippen LogP contribution < -0.4 is 4.74 Å². The second kappa shape index (κ2) is 7.17. The first-order valence-electron chi connectivity index (χ1n) is 7.67. The topological polar surface area (TPSA) is 27.1 Å². The molecule has 4 heteroatoms. The molecular formula is C17H25ClN2O. The van der Waals surface area contributed by atoms with Crippen LogP contribution in [0.25, 0.3) is 11.0 Å². The van der Waals surface area contributed by atoms with Crippen molar-refractivity contribution in [3.05, 3.63) is 24.0 Å². The lowest BCUT2D eigenvalue weighted by Crippen LogP contribution is -2.11. The van der Waals surface area contributed by atoms with Crippen LogP contribution in [-0.4, -0.2) is 22.5 Å². The molecule has 1 aromatic carbocycles. The lowest BCUT2D eigenvalue weighted by Gasteiger charge is -2.18. The number of ether oxygens (including phenoxy) is 1. The highest BCUT2D eigenvalue weighted by atomic mass is 35.5. The zero-order valence-electron chi connectivity index (χ0n) is 13.4. The fourth-order valence-corrected chi connectivity index (χ4v) is 2.88. The number of aryl methyl sites for hydroxylation is 1. The number of nitrogens with zero attached hydrogens (tertiary/aromatic N) is 2. The van der Waals surface area contributed by atoms with Crippen molar-refractivity contribution >= 4 is 22.6 Å². The Morgan fingerprint density at radius 1 is 1.24 bits per heavy atom. The average Bonchev–Trinajstić information content (AvgIpc) is 2.82. The first kappa shape index (κ1) is 16.2. The number of fused-ring (bicyclic) bond motifs is 1. The van der Waals surface area contributed by atoms with Gasteiger partial charge >= 0.3 is 0 Å². The van der Waals surface area contributed by atoms with Crippen LogP contribution in [0.5, 0.6) is 5.75 Å². The molecule has 0 N–H and O–H groups in total. The van der Waals surface area contributed by atoms with Gasteiger partial charge in [0.05, 0.1) is 18.1 Å². The van der Waals surface area contributed by atoms with Gasteiger partial charge in [0.15, 0.2) is 0 Å². The van der Waals surface area contributed by atoms with E-state index < -0.39 is 0 Å². The molecular weight excluding hydrogens is 284 g/mol. The minimum absolute atomic E-state index is 0.419.